The Kier molecular flexibility index (Phi) is 6.13. The van der Waals surface area contributed by atoms with Crippen molar-refractivity contribution in [2.24, 2.45) is 11.7 Å². The first kappa shape index (κ1) is 17.7. The molecule has 8 heteroatoms. The predicted octanol–water partition coefficient (Wildman–Crippen LogP) is 0.413. The Morgan fingerprint density at radius 2 is 2.04 bits per heavy atom. The largest absolute Gasteiger partial charge is 0.341 e. The van der Waals surface area contributed by atoms with Gasteiger partial charge in [-0.15, -0.1) is 5.10 Å². The van der Waals surface area contributed by atoms with Crippen LogP contribution in [-0.4, -0.2) is 74.4 Å². The zero-order chi connectivity index (χ0) is 16.9. The summed E-state index contributed by atoms with van der Waals surface area (Å²) in [4.78, 5) is 16.3. The maximum absolute atomic E-state index is 11.9. The van der Waals surface area contributed by atoms with E-state index >= 15 is 0 Å². The number of hydrogen-bond donors (Lipinski definition) is 1. The molecule has 1 atom stereocenters. The molecule has 7 nitrogen and oxygen atoms in total. The van der Waals surface area contributed by atoms with E-state index in [1.807, 2.05) is 21.3 Å². The molecule has 1 aromatic heterocycles. The molecule has 2 saturated heterocycles. The van der Waals surface area contributed by atoms with Crippen molar-refractivity contribution in [2.45, 2.75) is 38.9 Å². The van der Waals surface area contributed by atoms with Gasteiger partial charge in [-0.25, -0.2) is 0 Å². The predicted molar refractivity (Wildman–Crippen MR) is 95.6 cm³/mol. The van der Waals surface area contributed by atoms with E-state index in [2.05, 4.69) is 21.4 Å². The van der Waals surface area contributed by atoms with E-state index in [1.165, 1.54) is 11.5 Å². The first-order valence-electron chi connectivity index (χ1n) is 8.85. The van der Waals surface area contributed by atoms with Crippen molar-refractivity contribution in [3.63, 3.8) is 0 Å². The minimum atomic E-state index is -0.396. The van der Waals surface area contributed by atoms with Gasteiger partial charge in [-0.3, -0.25) is 14.4 Å². The van der Waals surface area contributed by atoms with Crippen LogP contribution in [0.1, 0.15) is 25.5 Å². The fourth-order valence-corrected chi connectivity index (χ4v) is 4.36. The number of carbonyl (C=O) groups is 1. The molecule has 2 fully saturated rings. The maximum Gasteiger partial charge on any atom is 0.239 e. The second-order valence-electron chi connectivity index (χ2n) is 6.88. The van der Waals surface area contributed by atoms with Crippen LogP contribution in [0.2, 0.25) is 0 Å². The molecule has 0 radical (unpaired) electrons. The molecule has 1 amide bonds. The number of piperidine rings is 1. The van der Waals surface area contributed by atoms with E-state index in [1.54, 1.807) is 6.92 Å². The van der Waals surface area contributed by atoms with Gasteiger partial charge >= 0.3 is 0 Å². The van der Waals surface area contributed by atoms with Gasteiger partial charge in [0.1, 0.15) is 0 Å². The molecule has 2 aliphatic heterocycles. The molecule has 3 rings (SSSR count). The summed E-state index contributed by atoms with van der Waals surface area (Å²) in [6.45, 7) is 7.45. The molecule has 2 aliphatic rings. The highest BCUT2D eigenvalue weighted by atomic mass is 32.2. The van der Waals surface area contributed by atoms with E-state index in [9.17, 15) is 4.79 Å². The number of nitrogens with zero attached hydrogens (tertiary/aromatic N) is 5. The molecule has 0 spiro atoms. The van der Waals surface area contributed by atoms with Crippen LogP contribution in [0, 0.1) is 5.92 Å². The van der Waals surface area contributed by atoms with Crippen molar-refractivity contribution in [3.05, 3.63) is 11.9 Å². The molecule has 24 heavy (non-hydrogen) atoms. The molecule has 1 aromatic rings. The number of hydrogen-bond acceptors (Lipinski definition) is 6. The Morgan fingerprint density at radius 3 is 2.71 bits per heavy atom. The van der Waals surface area contributed by atoms with Gasteiger partial charge in [0.05, 0.1) is 11.7 Å². The standard InChI is InChI=1S/C16H28N6OS/c1-13(17)16(23)21-4-2-14(3-5-21)10-22-12-15(18-19-22)11-20-6-8-24-9-7-20/h12-14H,2-11,17H2,1H3. The number of carbonyl (C=O) groups excluding carboxylic acids is 1. The molecule has 3 heterocycles. The minimum Gasteiger partial charge on any atom is -0.341 e. The van der Waals surface area contributed by atoms with Crippen molar-refractivity contribution >= 4 is 17.7 Å². The first-order chi connectivity index (χ1) is 11.6. The van der Waals surface area contributed by atoms with E-state index < -0.39 is 6.04 Å². The highest BCUT2D eigenvalue weighted by Gasteiger charge is 2.25. The van der Waals surface area contributed by atoms with Crippen LogP contribution in [0.25, 0.3) is 0 Å². The number of nitrogens with two attached hydrogens (primary N) is 1. The average Bonchev–Trinajstić information content (AvgIpc) is 3.02. The van der Waals surface area contributed by atoms with Gasteiger partial charge < -0.3 is 10.6 Å². The Morgan fingerprint density at radius 1 is 1.33 bits per heavy atom. The minimum absolute atomic E-state index is 0.0659. The van der Waals surface area contributed by atoms with Gasteiger partial charge in [-0.2, -0.15) is 11.8 Å². The van der Waals surface area contributed by atoms with E-state index in [-0.39, 0.29) is 5.91 Å². The van der Waals surface area contributed by atoms with Crippen LogP contribution in [-0.2, 0) is 17.9 Å². The Hall–Kier alpha value is -1.12. The Balaban J connectivity index is 1.45. The third-order valence-corrected chi connectivity index (χ3v) is 5.78. The number of aromatic nitrogens is 3. The SMILES string of the molecule is CC(N)C(=O)N1CCC(Cn2cc(CN3CCSCC3)nn2)CC1. The van der Waals surface area contributed by atoms with Crippen LogP contribution in [0.4, 0.5) is 0 Å². The summed E-state index contributed by atoms with van der Waals surface area (Å²) < 4.78 is 1.97. The van der Waals surface area contributed by atoms with Gasteiger partial charge in [0.25, 0.3) is 0 Å². The summed E-state index contributed by atoms with van der Waals surface area (Å²) in [6, 6.07) is -0.396. The molecule has 134 valence electrons. The summed E-state index contributed by atoms with van der Waals surface area (Å²) in [5, 5.41) is 8.62. The van der Waals surface area contributed by atoms with Gasteiger partial charge in [-0.05, 0) is 25.7 Å². The van der Waals surface area contributed by atoms with Crippen LogP contribution >= 0.6 is 11.8 Å². The summed E-state index contributed by atoms with van der Waals surface area (Å²) in [6.07, 6.45) is 4.11. The Labute approximate surface area is 147 Å². The number of amides is 1. The summed E-state index contributed by atoms with van der Waals surface area (Å²) in [7, 11) is 0. The highest BCUT2D eigenvalue weighted by Crippen LogP contribution is 2.19. The highest BCUT2D eigenvalue weighted by molar-refractivity contribution is 7.99. The number of rotatable bonds is 5. The molecule has 0 saturated carbocycles. The molecule has 0 aliphatic carbocycles. The van der Waals surface area contributed by atoms with Gasteiger partial charge in [0.15, 0.2) is 0 Å². The monoisotopic (exact) mass is 352 g/mol. The average molecular weight is 353 g/mol. The smallest absolute Gasteiger partial charge is 0.239 e. The topological polar surface area (TPSA) is 80.3 Å². The lowest BCUT2D eigenvalue weighted by atomic mass is 9.96. The second kappa shape index (κ2) is 8.31. The van der Waals surface area contributed by atoms with Crippen molar-refractivity contribution in [1.29, 1.82) is 0 Å². The first-order valence-corrected chi connectivity index (χ1v) is 10.0. The van der Waals surface area contributed by atoms with Crippen LogP contribution in [0.15, 0.2) is 6.20 Å². The third kappa shape index (κ3) is 4.70. The zero-order valence-corrected chi connectivity index (χ0v) is 15.2. The number of thioether (sulfide) groups is 1. The van der Waals surface area contributed by atoms with E-state index in [0.29, 0.717) is 5.92 Å². The van der Waals surface area contributed by atoms with Crippen molar-refractivity contribution < 1.29 is 4.79 Å². The lowest BCUT2D eigenvalue weighted by Crippen LogP contribution is -2.46. The molecule has 0 bridgehead atoms. The lowest BCUT2D eigenvalue weighted by molar-refractivity contribution is -0.133. The van der Waals surface area contributed by atoms with Crippen LogP contribution < -0.4 is 5.73 Å². The van der Waals surface area contributed by atoms with E-state index in [4.69, 9.17) is 5.73 Å². The fraction of sp³-hybridized carbons (Fsp3) is 0.812. The lowest BCUT2D eigenvalue weighted by Gasteiger charge is -2.32. The van der Waals surface area contributed by atoms with Crippen molar-refractivity contribution in [3.8, 4) is 0 Å². The molecule has 1 unspecified atom stereocenters. The normalized spacial score (nSPS) is 21.8. The quantitative estimate of drug-likeness (QED) is 0.827. The van der Waals surface area contributed by atoms with Crippen LogP contribution in [0.3, 0.4) is 0 Å². The zero-order valence-electron chi connectivity index (χ0n) is 14.4. The van der Waals surface area contributed by atoms with Gasteiger partial charge in [0, 0.05) is 57.0 Å². The fourth-order valence-electron chi connectivity index (χ4n) is 3.38. The molecular formula is C16H28N6OS. The summed E-state index contributed by atoms with van der Waals surface area (Å²) >= 11 is 2.02. The van der Waals surface area contributed by atoms with Gasteiger partial charge in [-0.1, -0.05) is 5.21 Å². The summed E-state index contributed by atoms with van der Waals surface area (Å²) in [5.41, 5.74) is 6.75. The second-order valence-corrected chi connectivity index (χ2v) is 8.10. The number of likely N-dealkylation sites (tertiary alicyclic amines) is 1. The Bertz CT molecular complexity index is 534. The summed E-state index contributed by atoms with van der Waals surface area (Å²) in [5.74, 6) is 3.05. The molecule has 0 aromatic carbocycles. The third-order valence-electron chi connectivity index (χ3n) is 4.84. The maximum atomic E-state index is 11.9. The van der Waals surface area contributed by atoms with E-state index in [0.717, 1.165) is 57.8 Å². The molecule has 2 N–H and O–H groups in total. The van der Waals surface area contributed by atoms with Crippen LogP contribution in [0.5, 0.6) is 0 Å². The van der Waals surface area contributed by atoms with Gasteiger partial charge in [0.2, 0.25) is 5.91 Å². The molecular weight excluding hydrogens is 324 g/mol. The van der Waals surface area contributed by atoms with Crippen molar-refractivity contribution in [2.75, 3.05) is 37.7 Å². The van der Waals surface area contributed by atoms with Crippen molar-refractivity contribution in [1.82, 2.24) is 24.8 Å².